The molecule has 0 spiro atoms. The molecule has 2 aromatic carbocycles. The summed E-state index contributed by atoms with van der Waals surface area (Å²) in [5.74, 6) is -1.08. The minimum Gasteiger partial charge on any atom is -0.477 e. The van der Waals surface area contributed by atoms with E-state index < -0.39 is 13.5 Å². The van der Waals surface area contributed by atoms with E-state index in [-0.39, 0.29) is 10.6 Å². The van der Waals surface area contributed by atoms with Crippen molar-refractivity contribution in [2.24, 2.45) is 0 Å². The van der Waals surface area contributed by atoms with Crippen LogP contribution in [0.25, 0.3) is 10.4 Å². The Balaban J connectivity index is 2.05. The first-order valence-corrected chi connectivity index (χ1v) is 11.9. The molecule has 1 atom stereocenters. The van der Waals surface area contributed by atoms with Crippen molar-refractivity contribution in [1.82, 2.24) is 0 Å². The van der Waals surface area contributed by atoms with Crippen LogP contribution in [0.1, 0.15) is 20.8 Å². The molecule has 2 N–H and O–H groups in total. The number of halogens is 1. The number of thiophene rings is 1. The third-order valence-corrected chi connectivity index (χ3v) is 8.33. The number of nitrogens with one attached hydrogen (secondary N) is 1. The van der Waals surface area contributed by atoms with Crippen LogP contribution >= 0.6 is 41.4 Å². The van der Waals surface area contributed by atoms with E-state index in [1.54, 1.807) is 12.1 Å². The molecule has 5 nitrogen and oxygen atoms in total. The molecule has 0 amide bonds. The molecule has 1 aromatic heterocycles. The molecule has 8 heteroatoms. The third kappa shape index (κ3) is 4.33. The molecule has 0 fully saturated rings. The van der Waals surface area contributed by atoms with Crippen molar-refractivity contribution >= 4 is 58.4 Å². The van der Waals surface area contributed by atoms with Crippen molar-refractivity contribution in [3.63, 3.8) is 0 Å². The molecule has 0 saturated heterocycles. The van der Waals surface area contributed by atoms with Gasteiger partial charge in [0.05, 0.1) is 11.0 Å². The number of aryl methyl sites for hydroxylation is 2. The van der Waals surface area contributed by atoms with E-state index >= 15 is 0 Å². The second-order valence-electron chi connectivity index (χ2n) is 6.30. The van der Waals surface area contributed by atoms with Gasteiger partial charge in [0, 0.05) is 15.6 Å². The zero-order valence-electron chi connectivity index (χ0n) is 15.5. The highest BCUT2D eigenvalue weighted by molar-refractivity contribution is 14.1. The van der Waals surface area contributed by atoms with Gasteiger partial charge in [0.25, 0.3) is 0 Å². The van der Waals surface area contributed by atoms with Crippen molar-refractivity contribution in [3.05, 3.63) is 68.1 Å². The summed E-state index contributed by atoms with van der Waals surface area (Å²) in [6.07, 6.45) is 0. The summed E-state index contributed by atoms with van der Waals surface area (Å²) in [4.78, 5) is 12.7. The first-order chi connectivity index (χ1) is 13.2. The molecule has 146 valence electrons. The van der Waals surface area contributed by atoms with E-state index in [9.17, 15) is 14.5 Å². The SMILES string of the molecule is COP(=O)(Nc1cc(-c2ccc(I)cc2)sc1C(=O)O)c1ccc(C)cc1C. The fourth-order valence-electron chi connectivity index (χ4n) is 2.89. The summed E-state index contributed by atoms with van der Waals surface area (Å²) in [5, 5.41) is 13.1. The van der Waals surface area contributed by atoms with Crippen LogP contribution in [0.15, 0.2) is 48.5 Å². The molecule has 3 aromatic rings. The first-order valence-electron chi connectivity index (χ1n) is 8.38. The first kappa shape index (κ1) is 21.0. The maximum Gasteiger partial charge on any atom is 0.348 e. The number of aromatic carboxylic acids is 1. The lowest BCUT2D eigenvalue weighted by Gasteiger charge is -2.20. The maximum atomic E-state index is 13.5. The Labute approximate surface area is 181 Å². The second kappa shape index (κ2) is 8.37. The summed E-state index contributed by atoms with van der Waals surface area (Å²) >= 11 is 3.35. The van der Waals surface area contributed by atoms with Crippen LogP contribution in [0.2, 0.25) is 0 Å². The van der Waals surface area contributed by atoms with Gasteiger partial charge in [-0.1, -0.05) is 29.8 Å². The lowest BCUT2D eigenvalue weighted by atomic mass is 10.2. The van der Waals surface area contributed by atoms with E-state index in [4.69, 9.17) is 4.52 Å². The quantitative estimate of drug-likeness (QED) is 0.308. The molecule has 28 heavy (non-hydrogen) atoms. The lowest BCUT2D eigenvalue weighted by Crippen LogP contribution is -2.17. The van der Waals surface area contributed by atoms with Gasteiger partial charge in [0.15, 0.2) is 0 Å². The van der Waals surface area contributed by atoms with Crippen LogP contribution in [0.5, 0.6) is 0 Å². The van der Waals surface area contributed by atoms with E-state index in [1.807, 2.05) is 50.2 Å². The highest BCUT2D eigenvalue weighted by atomic mass is 127. The van der Waals surface area contributed by atoms with Gasteiger partial charge >= 0.3 is 13.5 Å². The normalized spacial score (nSPS) is 13.1. The number of carboxylic acids is 1. The predicted molar refractivity (Wildman–Crippen MR) is 123 cm³/mol. The second-order valence-corrected chi connectivity index (χ2v) is 10.8. The highest BCUT2D eigenvalue weighted by Crippen LogP contribution is 2.48. The van der Waals surface area contributed by atoms with Crippen LogP contribution in [-0.2, 0) is 9.09 Å². The third-order valence-electron chi connectivity index (χ3n) is 4.25. The van der Waals surface area contributed by atoms with Gasteiger partial charge in [-0.15, -0.1) is 11.3 Å². The number of rotatable bonds is 6. The molecular formula is C20H19INO4PS. The number of hydrogen-bond acceptors (Lipinski definition) is 4. The zero-order chi connectivity index (χ0) is 20.5. The Kier molecular flexibility index (Phi) is 6.29. The number of hydrogen-bond donors (Lipinski definition) is 2. The van der Waals surface area contributed by atoms with Gasteiger partial charge in [-0.25, -0.2) is 4.79 Å². The average molecular weight is 527 g/mol. The largest absolute Gasteiger partial charge is 0.477 e. The Morgan fingerprint density at radius 3 is 2.39 bits per heavy atom. The Morgan fingerprint density at radius 2 is 1.82 bits per heavy atom. The molecule has 0 radical (unpaired) electrons. The average Bonchev–Trinajstić information content (AvgIpc) is 3.06. The van der Waals surface area contributed by atoms with Gasteiger partial charge in [0.2, 0.25) is 0 Å². The minimum absolute atomic E-state index is 0.0931. The molecule has 0 saturated carbocycles. The monoisotopic (exact) mass is 527 g/mol. The zero-order valence-corrected chi connectivity index (χ0v) is 19.4. The van der Waals surface area contributed by atoms with Gasteiger partial charge in [-0.3, -0.25) is 4.57 Å². The Morgan fingerprint density at radius 1 is 1.14 bits per heavy atom. The summed E-state index contributed by atoms with van der Waals surface area (Å²) in [7, 11) is -2.13. The van der Waals surface area contributed by atoms with E-state index in [0.29, 0.717) is 5.30 Å². The summed E-state index contributed by atoms with van der Waals surface area (Å²) in [6, 6.07) is 15.0. The molecule has 1 unspecified atom stereocenters. The number of carbonyl (C=O) groups is 1. The molecular weight excluding hydrogens is 508 g/mol. The van der Waals surface area contributed by atoms with Crippen molar-refractivity contribution in [1.29, 1.82) is 0 Å². The number of anilines is 1. The van der Waals surface area contributed by atoms with E-state index in [1.165, 1.54) is 7.11 Å². The van der Waals surface area contributed by atoms with Crippen molar-refractivity contribution < 1.29 is 19.0 Å². The van der Waals surface area contributed by atoms with Crippen LogP contribution < -0.4 is 10.4 Å². The van der Waals surface area contributed by atoms with Crippen LogP contribution in [0.3, 0.4) is 0 Å². The molecule has 0 aliphatic heterocycles. The number of carboxylic acid groups (broad SMARTS) is 1. The molecule has 1 heterocycles. The fourth-order valence-corrected chi connectivity index (χ4v) is 5.98. The fraction of sp³-hybridized carbons (Fsp3) is 0.150. The Hall–Kier alpha value is -1.67. The number of benzene rings is 2. The van der Waals surface area contributed by atoms with Crippen LogP contribution in [0.4, 0.5) is 5.69 Å². The molecule has 0 bridgehead atoms. The maximum absolute atomic E-state index is 13.5. The Bertz CT molecular complexity index is 1080. The van der Waals surface area contributed by atoms with Crippen LogP contribution in [0, 0.1) is 17.4 Å². The molecule has 3 rings (SSSR count). The topological polar surface area (TPSA) is 75.6 Å². The van der Waals surface area contributed by atoms with Gasteiger partial charge in [-0.05, 0) is 71.8 Å². The molecule has 0 aliphatic rings. The highest BCUT2D eigenvalue weighted by Gasteiger charge is 2.29. The lowest BCUT2D eigenvalue weighted by molar-refractivity contribution is 0.0703. The molecule has 0 aliphatic carbocycles. The van der Waals surface area contributed by atoms with E-state index in [2.05, 4.69) is 27.7 Å². The standard InChI is InChI=1S/C20H19INO4PS/c1-12-4-9-17(13(2)10-12)27(25,26-3)22-16-11-18(28-19(16)20(23)24)14-5-7-15(21)8-6-14/h4-11H,1-3H3,(H,22,25)(H,23,24). The predicted octanol–water partition coefficient (Wildman–Crippen LogP) is 5.91. The summed E-state index contributed by atoms with van der Waals surface area (Å²) < 4.78 is 20.0. The minimum atomic E-state index is -3.49. The summed E-state index contributed by atoms with van der Waals surface area (Å²) in [6.45, 7) is 3.81. The van der Waals surface area contributed by atoms with Gasteiger partial charge in [-0.2, -0.15) is 0 Å². The van der Waals surface area contributed by atoms with Crippen molar-refractivity contribution in [2.75, 3.05) is 12.2 Å². The van der Waals surface area contributed by atoms with Crippen molar-refractivity contribution in [2.45, 2.75) is 13.8 Å². The summed E-state index contributed by atoms with van der Waals surface area (Å²) in [5.41, 5.74) is 3.06. The van der Waals surface area contributed by atoms with Gasteiger partial charge in [0.1, 0.15) is 4.88 Å². The smallest absolute Gasteiger partial charge is 0.348 e. The van der Waals surface area contributed by atoms with Crippen LogP contribution in [-0.4, -0.2) is 18.2 Å². The van der Waals surface area contributed by atoms with E-state index in [0.717, 1.165) is 36.5 Å². The van der Waals surface area contributed by atoms with Gasteiger partial charge < -0.3 is 14.7 Å². The van der Waals surface area contributed by atoms with Crippen molar-refractivity contribution in [3.8, 4) is 10.4 Å².